The van der Waals surface area contributed by atoms with Gasteiger partial charge in [-0.2, -0.15) is 0 Å². The summed E-state index contributed by atoms with van der Waals surface area (Å²) >= 11 is 0. The topological polar surface area (TPSA) is 116 Å². The third-order valence-electron chi connectivity index (χ3n) is 7.31. The first-order chi connectivity index (χ1) is 17.1. The van der Waals surface area contributed by atoms with E-state index < -0.39 is 18.1 Å². The van der Waals surface area contributed by atoms with Crippen molar-refractivity contribution in [1.82, 2.24) is 15.1 Å². The highest BCUT2D eigenvalue weighted by Crippen LogP contribution is 2.31. The molecule has 1 aromatic carbocycles. The van der Waals surface area contributed by atoms with Gasteiger partial charge < -0.3 is 25.8 Å². The van der Waals surface area contributed by atoms with Crippen LogP contribution < -0.4 is 16.0 Å². The smallest absolute Gasteiger partial charge is 0.251 e. The average Bonchev–Trinajstić information content (AvgIpc) is 3.44. The van der Waals surface area contributed by atoms with Gasteiger partial charge in [0.25, 0.3) is 5.91 Å². The van der Waals surface area contributed by atoms with E-state index in [0.717, 1.165) is 18.8 Å². The number of carbonyl (C=O) groups is 4. The number of nitrogens with zero attached hydrogens (tertiary/aromatic N) is 3. The fraction of sp³-hybridized carbons (Fsp3) is 0.630. The molecular formula is C27H41N5O4. The summed E-state index contributed by atoms with van der Waals surface area (Å²) in [5.41, 5.74) is 7.46. The molecule has 2 heterocycles. The number of anilines is 1. The summed E-state index contributed by atoms with van der Waals surface area (Å²) in [6.07, 6.45) is 1.47. The quantitative estimate of drug-likeness (QED) is 0.507. The highest BCUT2D eigenvalue weighted by atomic mass is 16.2. The fourth-order valence-corrected chi connectivity index (χ4v) is 5.29. The van der Waals surface area contributed by atoms with Crippen LogP contribution in [-0.2, 0) is 14.4 Å². The molecule has 0 aliphatic carbocycles. The molecule has 2 fully saturated rings. The fourth-order valence-electron chi connectivity index (χ4n) is 5.29. The summed E-state index contributed by atoms with van der Waals surface area (Å²) in [4.78, 5) is 57.6. The SMILES string of the molecule is CCC(N)C(=O)N1CC(=O)C2C1CCN2C(=O)C(CC(C)C)NC(=O)c1ccc(N(CC)CC)cc1. The molecule has 0 spiro atoms. The van der Waals surface area contributed by atoms with Crippen LogP contribution in [-0.4, -0.2) is 83.7 Å². The summed E-state index contributed by atoms with van der Waals surface area (Å²) in [5, 5.41) is 2.92. The number of Topliss-reactive ketones (excluding diaryl/α,β-unsaturated/α-hetero) is 1. The number of hydrogen-bond donors (Lipinski definition) is 2. The molecular weight excluding hydrogens is 458 g/mol. The molecule has 4 unspecified atom stereocenters. The molecule has 2 aliphatic heterocycles. The molecule has 3 rings (SSSR count). The Kier molecular flexibility index (Phi) is 9.11. The Hall–Kier alpha value is -2.94. The van der Waals surface area contributed by atoms with Crippen molar-refractivity contribution in [2.45, 2.75) is 78.0 Å². The van der Waals surface area contributed by atoms with Crippen LogP contribution in [0.15, 0.2) is 24.3 Å². The highest BCUT2D eigenvalue weighted by molar-refractivity contribution is 6.01. The Morgan fingerprint density at radius 3 is 2.25 bits per heavy atom. The Balaban J connectivity index is 1.75. The third-order valence-corrected chi connectivity index (χ3v) is 7.31. The normalized spacial score (nSPS) is 20.9. The minimum absolute atomic E-state index is 0.0221. The van der Waals surface area contributed by atoms with E-state index >= 15 is 0 Å². The van der Waals surface area contributed by atoms with Crippen LogP contribution >= 0.6 is 0 Å². The van der Waals surface area contributed by atoms with Crippen molar-refractivity contribution in [3.8, 4) is 0 Å². The molecule has 0 saturated carbocycles. The van der Waals surface area contributed by atoms with E-state index in [4.69, 9.17) is 5.73 Å². The van der Waals surface area contributed by atoms with E-state index in [1.807, 2.05) is 32.9 Å². The van der Waals surface area contributed by atoms with Gasteiger partial charge in [0.1, 0.15) is 12.1 Å². The average molecular weight is 500 g/mol. The second-order valence-electron chi connectivity index (χ2n) is 10.2. The van der Waals surface area contributed by atoms with Gasteiger partial charge in [0.15, 0.2) is 5.78 Å². The van der Waals surface area contributed by atoms with Crippen LogP contribution in [0.1, 0.15) is 64.2 Å². The molecule has 0 aromatic heterocycles. The Bertz CT molecular complexity index is 959. The van der Waals surface area contributed by atoms with Gasteiger partial charge in [-0.3, -0.25) is 19.2 Å². The van der Waals surface area contributed by atoms with Crippen molar-refractivity contribution in [2.24, 2.45) is 11.7 Å². The summed E-state index contributed by atoms with van der Waals surface area (Å²) in [5.74, 6) is -0.828. The van der Waals surface area contributed by atoms with Crippen LogP contribution in [0.5, 0.6) is 0 Å². The molecule has 3 N–H and O–H groups in total. The number of ketones is 1. The number of hydrogen-bond acceptors (Lipinski definition) is 6. The van der Waals surface area contributed by atoms with Gasteiger partial charge in [-0.1, -0.05) is 20.8 Å². The van der Waals surface area contributed by atoms with Crippen LogP contribution in [0.2, 0.25) is 0 Å². The number of carbonyl (C=O) groups excluding carboxylic acids is 4. The molecule has 0 radical (unpaired) electrons. The maximum absolute atomic E-state index is 13.6. The van der Waals surface area contributed by atoms with Crippen molar-refractivity contribution in [3.63, 3.8) is 0 Å². The molecule has 2 saturated heterocycles. The number of nitrogens with one attached hydrogen (secondary N) is 1. The Labute approximate surface area is 214 Å². The predicted molar refractivity (Wildman–Crippen MR) is 140 cm³/mol. The van der Waals surface area contributed by atoms with Gasteiger partial charge in [0.2, 0.25) is 11.8 Å². The van der Waals surface area contributed by atoms with E-state index in [9.17, 15) is 19.2 Å². The Morgan fingerprint density at radius 1 is 1.06 bits per heavy atom. The molecule has 2 aliphatic rings. The van der Waals surface area contributed by atoms with Gasteiger partial charge >= 0.3 is 0 Å². The van der Waals surface area contributed by atoms with Gasteiger partial charge in [-0.25, -0.2) is 0 Å². The van der Waals surface area contributed by atoms with E-state index in [-0.39, 0.29) is 42.0 Å². The van der Waals surface area contributed by atoms with Gasteiger partial charge in [0.05, 0.1) is 18.6 Å². The minimum Gasteiger partial charge on any atom is -0.372 e. The maximum atomic E-state index is 13.6. The molecule has 3 amide bonds. The number of rotatable bonds is 10. The molecule has 198 valence electrons. The monoisotopic (exact) mass is 499 g/mol. The first kappa shape index (κ1) is 27.6. The maximum Gasteiger partial charge on any atom is 0.251 e. The number of amides is 3. The van der Waals surface area contributed by atoms with Crippen molar-refractivity contribution in [1.29, 1.82) is 0 Å². The van der Waals surface area contributed by atoms with Crippen LogP contribution in [0.3, 0.4) is 0 Å². The first-order valence-corrected chi connectivity index (χ1v) is 13.2. The van der Waals surface area contributed by atoms with Crippen molar-refractivity contribution in [2.75, 3.05) is 31.1 Å². The van der Waals surface area contributed by atoms with E-state index in [0.29, 0.717) is 31.4 Å². The van der Waals surface area contributed by atoms with Gasteiger partial charge in [-0.05, 0) is 63.3 Å². The van der Waals surface area contributed by atoms with E-state index in [1.165, 1.54) is 0 Å². The lowest BCUT2D eigenvalue weighted by Crippen LogP contribution is -2.53. The predicted octanol–water partition coefficient (Wildman–Crippen LogP) is 1.80. The largest absolute Gasteiger partial charge is 0.372 e. The molecule has 4 atom stereocenters. The van der Waals surface area contributed by atoms with Crippen LogP contribution in [0.4, 0.5) is 5.69 Å². The summed E-state index contributed by atoms with van der Waals surface area (Å²) in [6.45, 7) is 12.1. The molecule has 1 aromatic rings. The summed E-state index contributed by atoms with van der Waals surface area (Å²) in [7, 11) is 0. The lowest BCUT2D eigenvalue weighted by molar-refractivity contribution is -0.138. The molecule has 36 heavy (non-hydrogen) atoms. The zero-order chi connectivity index (χ0) is 26.6. The number of benzene rings is 1. The molecule has 9 heteroatoms. The van der Waals surface area contributed by atoms with Crippen LogP contribution in [0.25, 0.3) is 0 Å². The lowest BCUT2D eigenvalue weighted by atomic mass is 10.0. The summed E-state index contributed by atoms with van der Waals surface area (Å²) < 4.78 is 0. The van der Waals surface area contributed by atoms with Crippen molar-refractivity contribution >= 4 is 29.2 Å². The van der Waals surface area contributed by atoms with Gasteiger partial charge in [-0.15, -0.1) is 0 Å². The molecule has 9 nitrogen and oxygen atoms in total. The number of fused-ring (bicyclic) bond motifs is 1. The number of nitrogens with two attached hydrogens (primary N) is 1. The zero-order valence-corrected chi connectivity index (χ0v) is 22.2. The highest BCUT2D eigenvalue weighted by Gasteiger charge is 2.52. The van der Waals surface area contributed by atoms with Crippen molar-refractivity contribution in [3.05, 3.63) is 29.8 Å². The van der Waals surface area contributed by atoms with Gasteiger partial charge in [0, 0.05) is 30.9 Å². The van der Waals surface area contributed by atoms with Crippen LogP contribution in [0, 0.1) is 5.92 Å². The third kappa shape index (κ3) is 5.72. The lowest BCUT2D eigenvalue weighted by Gasteiger charge is -2.29. The standard InChI is InChI=1S/C27H41N5O4/c1-6-20(28)26(35)32-16-23(33)24-22(32)13-14-31(24)27(36)21(15-17(4)5)29-25(34)18-9-11-19(12-10-18)30(7-2)8-3/h9-12,17,20-22,24H,6-8,13-16,28H2,1-5H3,(H,29,34). The summed E-state index contributed by atoms with van der Waals surface area (Å²) in [6, 6.07) is 4.93. The van der Waals surface area contributed by atoms with E-state index in [1.54, 1.807) is 21.9 Å². The molecule has 0 bridgehead atoms. The first-order valence-electron chi connectivity index (χ1n) is 13.2. The zero-order valence-electron chi connectivity index (χ0n) is 22.2. The van der Waals surface area contributed by atoms with Crippen molar-refractivity contribution < 1.29 is 19.2 Å². The van der Waals surface area contributed by atoms with E-state index in [2.05, 4.69) is 24.1 Å². The Morgan fingerprint density at radius 2 is 1.69 bits per heavy atom. The number of likely N-dealkylation sites (tertiary alicyclic amines) is 2. The minimum atomic E-state index is -0.755. The second-order valence-corrected chi connectivity index (χ2v) is 10.2. The second kappa shape index (κ2) is 11.9.